The topological polar surface area (TPSA) is 51.2 Å². The summed E-state index contributed by atoms with van der Waals surface area (Å²) in [6.07, 6.45) is 0. The number of carbonyl (C=O) groups excluding carboxylic acids is 1. The summed E-state index contributed by atoms with van der Waals surface area (Å²) >= 11 is 14.4. The lowest BCUT2D eigenvalue weighted by Gasteiger charge is -2.10. The fourth-order valence-electron chi connectivity index (χ4n) is 1.12. The number of halogens is 3. The molecule has 7 heteroatoms. The van der Waals surface area contributed by atoms with Gasteiger partial charge in [0, 0.05) is 16.3 Å². The zero-order valence-corrected chi connectivity index (χ0v) is 12.7. The van der Waals surface area contributed by atoms with Crippen LogP contribution in [-0.2, 0) is 9.84 Å². The molecule has 0 unspecified atom stereocenters. The van der Waals surface area contributed by atoms with Crippen molar-refractivity contribution >= 4 is 54.8 Å². The Morgan fingerprint density at radius 2 is 2.00 bits per heavy atom. The Morgan fingerprint density at radius 1 is 1.41 bits per heavy atom. The number of alkyl halides is 1. The van der Waals surface area contributed by atoms with E-state index in [9.17, 15) is 13.2 Å². The first-order valence-corrected chi connectivity index (χ1v) is 8.03. The van der Waals surface area contributed by atoms with Gasteiger partial charge in [-0.05, 0) is 18.2 Å². The van der Waals surface area contributed by atoms with E-state index in [0.717, 1.165) is 0 Å². The zero-order valence-electron chi connectivity index (χ0n) is 8.78. The van der Waals surface area contributed by atoms with Crippen LogP contribution in [0.15, 0.2) is 18.2 Å². The SMILES string of the molecule is CCS(=O)(=O)[C@H](Br)C(=O)c1ccc(Cl)cc1Cl. The second kappa shape index (κ2) is 5.69. The number of sulfone groups is 1. The first-order chi connectivity index (χ1) is 7.79. The zero-order chi connectivity index (χ0) is 13.2. The molecular weight excluding hydrogens is 351 g/mol. The predicted molar refractivity (Wildman–Crippen MR) is 73.0 cm³/mol. The molecule has 17 heavy (non-hydrogen) atoms. The molecule has 3 nitrogen and oxygen atoms in total. The van der Waals surface area contributed by atoms with Crippen LogP contribution in [0.3, 0.4) is 0 Å². The number of Topliss-reactive ketones (excluding diaryl/α,β-unsaturated/α-hetero) is 1. The smallest absolute Gasteiger partial charge is 0.193 e. The van der Waals surface area contributed by atoms with Gasteiger partial charge in [-0.1, -0.05) is 46.1 Å². The van der Waals surface area contributed by atoms with E-state index in [1.165, 1.54) is 25.1 Å². The molecule has 0 radical (unpaired) electrons. The molecule has 0 bridgehead atoms. The van der Waals surface area contributed by atoms with Crippen LogP contribution in [-0.4, -0.2) is 24.1 Å². The molecule has 0 amide bonds. The summed E-state index contributed by atoms with van der Waals surface area (Å²) in [7, 11) is -3.50. The summed E-state index contributed by atoms with van der Waals surface area (Å²) in [6.45, 7) is 1.47. The third kappa shape index (κ3) is 3.44. The molecule has 0 aliphatic carbocycles. The Bertz CT molecular complexity index is 542. The second-order valence-corrected chi connectivity index (χ2v) is 8.00. The van der Waals surface area contributed by atoms with Gasteiger partial charge >= 0.3 is 0 Å². The molecular formula is C10H9BrCl2O3S. The molecule has 1 atom stereocenters. The van der Waals surface area contributed by atoms with Gasteiger partial charge in [0.25, 0.3) is 0 Å². The molecule has 94 valence electrons. The summed E-state index contributed by atoms with van der Waals surface area (Å²) in [5.41, 5.74) is 0.134. The van der Waals surface area contributed by atoms with Gasteiger partial charge in [-0.15, -0.1) is 0 Å². The summed E-state index contributed by atoms with van der Waals surface area (Å²) in [5.74, 6) is -0.714. The van der Waals surface area contributed by atoms with Crippen LogP contribution < -0.4 is 0 Å². The van der Waals surface area contributed by atoms with Crippen LogP contribution in [0.5, 0.6) is 0 Å². The van der Waals surface area contributed by atoms with Crippen LogP contribution in [0, 0.1) is 0 Å². The van der Waals surface area contributed by atoms with Gasteiger partial charge in [-0.25, -0.2) is 8.42 Å². The second-order valence-electron chi connectivity index (χ2n) is 3.26. The molecule has 0 aliphatic rings. The molecule has 0 saturated carbocycles. The maximum atomic E-state index is 11.9. The molecule has 0 aromatic heterocycles. The van der Waals surface area contributed by atoms with Crippen LogP contribution in [0.25, 0.3) is 0 Å². The Kier molecular flexibility index (Phi) is 5.01. The van der Waals surface area contributed by atoms with Crippen molar-refractivity contribution < 1.29 is 13.2 Å². The lowest BCUT2D eigenvalue weighted by molar-refractivity contribution is 0.101. The van der Waals surface area contributed by atoms with E-state index >= 15 is 0 Å². The fraction of sp³-hybridized carbons (Fsp3) is 0.300. The normalized spacial score (nSPS) is 13.4. The van der Waals surface area contributed by atoms with E-state index < -0.39 is 19.8 Å². The highest BCUT2D eigenvalue weighted by atomic mass is 79.9. The molecule has 0 fully saturated rings. The minimum atomic E-state index is -3.50. The average molecular weight is 360 g/mol. The van der Waals surface area contributed by atoms with Gasteiger partial charge in [0.2, 0.25) is 0 Å². The molecule has 0 heterocycles. The largest absolute Gasteiger partial charge is 0.292 e. The van der Waals surface area contributed by atoms with Crippen LogP contribution in [0.1, 0.15) is 17.3 Å². The number of benzene rings is 1. The summed E-state index contributed by atoms with van der Waals surface area (Å²) in [4.78, 5) is 11.9. The Hall–Kier alpha value is -0.100. The molecule has 0 saturated heterocycles. The van der Waals surface area contributed by atoms with E-state index in [2.05, 4.69) is 15.9 Å². The van der Waals surface area contributed by atoms with E-state index in [1.54, 1.807) is 0 Å². The highest BCUT2D eigenvalue weighted by molar-refractivity contribution is 9.11. The van der Waals surface area contributed by atoms with Crippen molar-refractivity contribution in [3.05, 3.63) is 33.8 Å². The van der Waals surface area contributed by atoms with Crippen molar-refractivity contribution in [3.8, 4) is 0 Å². The summed E-state index contributed by atoms with van der Waals surface area (Å²) in [5, 5.41) is 0.522. The fourth-order valence-corrected chi connectivity index (χ4v) is 3.41. The highest BCUT2D eigenvalue weighted by Crippen LogP contribution is 2.25. The average Bonchev–Trinajstić information content (AvgIpc) is 2.27. The maximum absolute atomic E-state index is 11.9. The first kappa shape index (κ1) is 15.0. The van der Waals surface area contributed by atoms with Gasteiger partial charge in [0.1, 0.15) is 0 Å². The van der Waals surface area contributed by atoms with Crippen molar-refractivity contribution in [2.45, 2.75) is 11.1 Å². The Balaban J connectivity index is 3.14. The standard InChI is InChI=1S/C10H9BrCl2O3S/c1-2-17(15,16)10(11)9(14)7-4-3-6(12)5-8(7)13/h3-5,10H,2H2,1H3/t10-/m0/s1. The van der Waals surface area contributed by atoms with Gasteiger partial charge in [0.05, 0.1) is 5.02 Å². The summed E-state index contributed by atoms with van der Waals surface area (Å²) < 4.78 is 21.8. The maximum Gasteiger partial charge on any atom is 0.193 e. The van der Waals surface area contributed by atoms with E-state index in [4.69, 9.17) is 23.2 Å². The molecule has 0 spiro atoms. The monoisotopic (exact) mass is 358 g/mol. The van der Waals surface area contributed by atoms with Crippen molar-refractivity contribution in [3.63, 3.8) is 0 Å². The summed E-state index contributed by atoms with van der Waals surface area (Å²) in [6, 6.07) is 4.29. The Labute approximate surface area is 118 Å². The van der Waals surface area contributed by atoms with Crippen molar-refractivity contribution in [2.24, 2.45) is 0 Å². The number of hydrogen-bond donors (Lipinski definition) is 0. The molecule has 1 aromatic carbocycles. The van der Waals surface area contributed by atoms with Crippen molar-refractivity contribution in [1.82, 2.24) is 0 Å². The third-order valence-corrected chi connectivity index (χ3v) is 6.44. The van der Waals surface area contributed by atoms with Gasteiger partial charge < -0.3 is 0 Å². The van der Waals surface area contributed by atoms with E-state index in [1.807, 2.05) is 0 Å². The van der Waals surface area contributed by atoms with Crippen LogP contribution in [0.4, 0.5) is 0 Å². The van der Waals surface area contributed by atoms with Crippen LogP contribution in [0.2, 0.25) is 10.0 Å². The van der Waals surface area contributed by atoms with Crippen molar-refractivity contribution in [1.29, 1.82) is 0 Å². The lowest BCUT2D eigenvalue weighted by Crippen LogP contribution is -2.26. The molecule has 0 aliphatic heterocycles. The van der Waals surface area contributed by atoms with Crippen molar-refractivity contribution in [2.75, 3.05) is 5.75 Å². The first-order valence-electron chi connectivity index (χ1n) is 4.64. The predicted octanol–water partition coefficient (Wildman–Crippen LogP) is 3.33. The van der Waals surface area contributed by atoms with Gasteiger partial charge in [0.15, 0.2) is 19.8 Å². The molecule has 1 aromatic rings. The minimum Gasteiger partial charge on any atom is -0.292 e. The minimum absolute atomic E-state index is 0.125. The highest BCUT2D eigenvalue weighted by Gasteiger charge is 2.30. The molecule has 1 rings (SSSR count). The van der Waals surface area contributed by atoms with Gasteiger partial charge in [-0.3, -0.25) is 4.79 Å². The van der Waals surface area contributed by atoms with Gasteiger partial charge in [-0.2, -0.15) is 0 Å². The van der Waals surface area contributed by atoms with E-state index in [0.29, 0.717) is 5.02 Å². The number of hydrogen-bond acceptors (Lipinski definition) is 3. The Morgan fingerprint density at radius 3 is 2.47 bits per heavy atom. The number of ketones is 1. The lowest BCUT2D eigenvalue weighted by atomic mass is 10.1. The third-order valence-electron chi connectivity index (χ3n) is 2.12. The number of carbonyl (C=O) groups is 1. The van der Waals surface area contributed by atoms with Crippen LogP contribution >= 0.6 is 39.1 Å². The molecule has 0 N–H and O–H groups in total. The van der Waals surface area contributed by atoms with E-state index in [-0.39, 0.29) is 16.3 Å². The quantitative estimate of drug-likeness (QED) is 0.612. The number of rotatable bonds is 4.